The summed E-state index contributed by atoms with van der Waals surface area (Å²) in [4.78, 5) is 14.4. The maximum atomic E-state index is 6.34. The summed E-state index contributed by atoms with van der Waals surface area (Å²) >= 11 is 0. The summed E-state index contributed by atoms with van der Waals surface area (Å²) in [5.74, 6) is 1.10. The van der Waals surface area contributed by atoms with Crippen LogP contribution in [0.4, 0.5) is 34.1 Å². The number of rotatable bonds is 9. The van der Waals surface area contributed by atoms with Gasteiger partial charge in [-0.2, -0.15) is 0 Å². The van der Waals surface area contributed by atoms with Gasteiger partial charge in [-0.05, 0) is 145 Å². The maximum Gasteiger partial charge on any atom is 0.227 e. The van der Waals surface area contributed by atoms with Gasteiger partial charge in [0.15, 0.2) is 11.2 Å². The highest BCUT2D eigenvalue weighted by Gasteiger charge is 2.19. The molecule has 8 nitrogen and oxygen atoms in total. The van der Waals surface area contributed by atoms with Crippen molar-refractivity contribution in [3.63, 3.8) is 0 Å². The van der Waals surface area contributed by atoms with Crippen LogP contribution in [0.5, 0.6) is 0 Å². The largest absolute Gasteiger partial charge is 0.456 e. The fourth-order valence-electron chi connectivity index (χ4n) is 9.72. The normalized spacial score (nSPS) is 11.7. The van der Waals surface area contributed by atoms with Crippen molar-refractivity contribution in [2.45, 2.75) is 0 Å². The van der Waals surface area contributed by atoms with Crippen molar-refractivity contribution in [1.82, 2.24) is 9.97 Å². The number of fused-ring (bicyclic) bond motifs is 8. The Morgan fingerprint density at radius 3 is 1.04 bits per heavy atom. The highest BCUT2D eigenvalue weighted by molar-refractivity contribution is 6.07. The standard InChI is InChI=1S/C62H38N4O4/c1-3-11-43(12-4-1)65(47-29-31-51-49-15-7-9-17-55(49)67-59(51)37-47)45-25-19-39(20-26-45)61-63-53-35-41(23-33-57(53)69-61)42-24-34-58-54(36-42)64-62(70-58)40-21-27-46(28-22-40)66(44-13-5-2-6-14-44)48-30-32-52-50-16-8-10-18-56(50)68-60(52)38-48/h1-38H. The van der Waals surface area contributed by atoms with Crippen LogP contribution >= 0.6 is 0 Å². The molecule has 14 aromatic rings. The number of aromatic nitrogens is 2. The van der Waals surface area contributed by atoms with Crippen LogP contribution in [0.25, 0.3) is 100 Å². The van der Waals surface area contributed by atoms with Crippen LogP contribution in [0, 0.1) is 0 Å². The second-order valence-electron chi connectivity index (χ2n) is 17.4. The first-order valence-corrected chi connectivity index (χ1v) is 23.2. The van der Waals surface area contributed by atoms with Gasteiger partial charge < -0.3 is 27.5 Å². The number of hydrogen-bond acceptors (Lipinski definition) is 8. The first-order chi connectivity index (χ1) is 34.6. The van der Waals surface area contributed by atoms with Crippen LogP contribution in [0.2, 0.25) is 0 Å². The summed E-state index contributed by atoms with van der Waals surface area (Å²) in [5.41, 5.74) is 16.2. The third-order valence-electron chi connectivity index (χ3n) is 13.1. The van der Waals surface area contributed by atoms with Gasteiger partial charge in [0.25, 0.3) is 0 Å². The van der Waals surface area contributed by atoms with E-state index in [-0.39, 0.29) is 0 Å². The zero-order valence-corrected chi connectivity index (χ0v) is 37.4. The number of benzene rings is 10. The number of hydrogen-bond donors (Lipinski definition) is 0. The predicted molar refractivity (Wildman–Crippen MR) is 282 cm³/mol. The molecule has 14 rings (SSSR count). The lowest BCUT2D eigenvalue weighted by Gasteiger charge is -2.25. The van der Waals surface area contributed by atoms with Gasteiger partial charge in [0, 0.05) is 78.9 Å². The van der Waals surface area contributed by atoms with Gasteiger partial charge in [0.05, 0.1) is 0 Å². The molecule has 0 amide bonds. The van der Waals surface area contributed by atoms with E-state index in [1.807, 2.05) is 60.7 Å². The third-order valence-corrected chi connectivity index (χ3v) is 13.1. The number of anilines is 6. The van der Waals surface area contributed by atoms with Crippen LogP contribution in [0.1, 0.15) is 0 Å². The highest BCUT2D eigenvalue weighted by atomic mass is 16.4. The lowest BCUT2D eigenvalue weighted by atomic mass is 10.0. The van der Waals surface area contributed by atoms with Gasteiger partial charge in [0.1, 0.15) is 33.4 Å². The molecule has 0 bridgehead atoms. The molecule has 0 spiro atoms. The maximum absolute atomic E-state index is 6.34. The Morgan fingerprint density at radius 1 is 0.243 bits per heavy atom. The molecule has 8 heteroatoms. The van der Waals surface area contributed by atoms with Gasteiger partial charge in [-0.15, -0.1) is 0 Å². The monoisotopic (exact) mass is 902 g/mol. The van der Waals surface area contributed by atoms with Gasteiger partial charge in [0.2, 0.25) is 11.8 Å². The molecule has 330 valence electrons. The lowest BCUT2D eigenvalue weighted by Crippen LogP contribution is -2.09. The molecule has 0 radical (unpaired) electrons. The van der Waals surface area contributed by atoms with Crippen LogP contribution in [-0.2, 0) is 0 Å². The summed E-state index contributed by atoms with van der Waals surface area (Å²) in [6.07, 6.45) is 0. The van der Waals surface area contributed by atoms with E-state index in [1.165, 1.54) is 0 Å². The highest BCUT2D eigenvalue weighted by Crippen LogP contribution is 2.42. The van der Waals surface area contributed by atoms with E-state index in [0.29, 0.717) is 22.9 Å². The van der Waals surface area contributed by atoms with E-state index in [0.717, 1.165) is 111 Å². The Labute approximate surface area is 400 Å². The van der Waals surface area contributed by atoms with Crippen molar-refractivity contribution >= 4 is 100 Å². The second kappa shape index (κ2) is 16.0. The van der Waals surface area contributed by atoms with E-state index in [2.05, 4.69) is 180 Å². The molecule has 0 atom stereocenters. The van der Waals surface area contributed by atoms with Crippen molar-refractivity contribution in [3.05, 3.63) is 231 Å². The van der Waals surface area contributed by atoms with Crippen molar-refractivity contribution in [1.29, 1.82) is 0 Å². The summed E-state index contributed by atoms with van der Waals surface area (Å²) in [6, 6.07) is 78.6. The first kappa shape index (κ1) is 39.5. The van der Waals surface area contributed by atoms with E-state index in [4.69, 9.17) is 27.6 Å². The van der Waals surface area contributed by atoms with Crippen molar-refractivity contribution in [2.75, 3.05) is 9.80 Å². The van der Waals surface area contributed by atoms with Crippen LogP contribution in [0.3, 0.4) is 0 Å². The summed E-state index contributed by atoms with van der Waals surface area (Å²) < 4.78 is 25.3. The molecule has 0 aliphatic heterocycles. The average molecular weight is 903 g/mol. The summed E-state index contributed by atoms with van der Waals surface area (Å²) in [6.45, 7) is 0. The minimum Gasteiger partial charge on any atom is -0.456 e. The van der Waals surface area contributed by atoms with Crippen molar-refractivity contribution in [3.8, 4) is 34.0 Å². The van der Waals surface area contributed by atoms with Gasteiger partial charge in [-0.25, -0.2) is 9.97 Å². The quantitative estimate of drug-likeness (QED) is 0.142. The molecule has 0 saturated heterocycles. The molecule has 4 heterocycles. The molecule has 0 N–H and O–H groups in total. The van der Waals surface area contributed by atoms with Crippen LogP contribution in [0.15, 0.2) is 248 Å². The Balaban J connectivity index is 0.730. The molecule has 0 fully saturated rings. The number of nitrogens with zero attached hydrogens (tertiary/aromatic N) is 4. The summed E-state index contributed by atoms with van der Waals surface area (Å²) in [7, 11) is 0. The fraction of sp³-hybridized carbons (Fsp3) is 0. The van der Waals surface area contributed by atoms with Gasteiger partial charge >= 0.3 is 0 Å². The first-order valence-electron chi connectivity index (χ1n) is 23.2. The van der Waals surface area contributed by atoms with E-state index >= 15 is 0 Å². The Hall–Kier alpha value is -9.66. The van der Waals surface area contributed by atoms with Gasteiger partial charge in [-0.1, -0.05) is 84.9 Å². The molecular weight excluding hydrogens is 865 g/mol. The molecule has 0 unspecified atom stereocenters. The van der Waals surface area contributed by atoms with Crippen LogP contribution in [-0.4, -0.2) is 9.97 Å². The van der Waals surface area contributed by atoms with E-state index in [1.54, 1.807) is 0 Å². The zero-order valence-electron chi connectivity index (χ0n) is 37.4. The predicted octanol–water partition coefficient (Wildman–Crippen LogP) is 17.7. The third kappa shape index (κ3) is 6.77. The minimum atomic E-state index is 0.551. The van der Waals surface area contributed by atoms with Gasteiger partial charge in [-0.3, -0.25) is 0 Å². The molecule has 10 aromatic carbocycles. The SMILES string of the molecule is c1ccc(N(c2ccc(-c3nc4cc(-c5ccc6oc(-c7ccc(N(c8ccccc8)c8ccc9c(c8)oc8ccccc89)cc7)nc6c5)ccc4o3)cc2)c2ccc3c(c2)oc2ccccc23)cc1. The fourth-order valence-corrected chi connectivity index (χ4v) is 9.72. The zero-order chi connectivity index (χ0) is 46.1. The minimum absolute atomic E-state index is 0.551. The molecule has 70 heavy (non-hydrogen) atoms. The molecular formula is C62H38N4O4. The number of furan rings is 2. The van der Waals surface area contributed by atoms with E-state index in [9.17, 15) is 0 Å². The smallest absolute Gasteiger partial charge is 0.227 e. The van der Waals surface area contributed by atoms with Crippen LogP contribution < -0.4 is 9.80 Å². The van der Waals surface area contributed by atoms with E-state index < -0.39 is 0 Å². The molecule has 0 saturated carbocycles. The Bertz CT molecular complexity index is 3970. The summed E-state index contributed by atoms with van der Waals surface area (Å²) in [5, 5.41) is 4.40. The molecule has 4 aromatic heterocycles. The Morgan fingerprint density at radius 2 is 0.600 bits per heavy atom. The van der Waals surface area contributed by atoms with Crippen molar-refractivity contribution < 1.29 is 17.7 Å². The molecule has 0 aliphatic rings. The second-order valence-corrected chi connectivity index (χ2v) is 17.4. The number of oxazole rings is 2. The average Bonchev–Trinajstić information content (AvgIpc) is 4.22. The number of para-hydroxylation sites is 4. The Kier molecular flexibility index (Phi) is 9.03. The topological polar surface area (TPSA) is 84.8 Å². The lowest BCUT2D eigenvalue weighted by molar-refractivity contribution is 0.619. The van der Waals surface area contributed by atoms with Crippen molar-refractivity contribution in [2.24, 2.45) is 0 Å². The molecule has 0 aliphatic carbocycles.